The highest BCUT2D eigenvalue weighted by Crippen LogP contribution is 1.95. The number of carboxylic acid groups (broad SMARTS) is 1. The van der Waals surface area contributed by atoms with Crippen LogP contribution < -0.4 is 4.72 Å². The van der Waals surface area contributed by atoms with Crippen molar-refractivity contribution in [3.63, 3.8) is 0 Å². The number of hydrogen-bond acceptors (Lipinski definition) is 4. The molecule has 94 valence electrons. The number of hydrogen-bond donors (Lipinski definition) is 2. The van der Waals surface area contributed by atoms with Crippen molar-refractivity contribution in [3.05, 3.63) is 0 Å². The molecule has 0 aliphatic rings. The lowest BCUT2D eigenvalue weighted by Crippen LogP contribution is -2.46. The summed E-state index contributed by atoms with van der Waals surface area (Å²) in [6.07, 6.45) is 0. The number of nitrogens with zero attached hydrogens (tertiary/aromatic N) is 1. The largest absolute Gasteiger partial charge is 0.480 e. The minimum Gasteiger partial charge on any atom is -0.480 e. The van der Waals surface area contributed by atoms with Crippen molar-refractivity contribution in [2.75, 3.05) is 19.3 Å². The molecular formula is C8H16N2O5S. The minimum absolute atomic E-state index is 0.406. The van der Waals surface area contributed by atoms with E-state index in [1.807, 2.05) is 4.72 Å². The van der Waals surface area contributed by atoms with Crippen LogP contribution in [0, 0.1) is 0 Å². The smallest absolute Gasteiger partial charge is 0.320 e. The highest BCUT2D eigenvalue weighted by Gasteiger charge is 2.24. The molecule has 0 saturated heterocycles. The normalized spacial score (nSPS) is 13.2. The molecule has 7 nitrogen and oxygen atoms in total. The second-order valence-corrected chi connectivity index (χ2v) is 5.10. The maximum atomic E-state index is 11.5. The van der Waals surface area contributed by atoms with Gasteiger partial charge in [-0.15, -0.1) is 0 Å². The number of sulfonamides is 1. The van der Waals surface area contributed by atoms with Crippen molar-refractivity contribution in [2.45, 2.75) is 19.9 Å². The first-order valence-electron chi connectivity index (χ1n) is 4.66. The van der Waals surface area contributed by atoms with Crippen molar-refractivity contribution in [1.29, 1.82) is 0 Å². The van der Waals surface area contributed by atoms with Gasteiger partial charge in [0.15, 0.2) is 5.75 Å². The molecule has 0 fully saturated rings. The van der Waals surface area contributed by atoms with Crippen LogP contribution in [0.1, 0.15) is 13.8 Å². The van der Waals surface area contributed by atoms with Gasteiger partial charge in [0.2, 0.25) is 15.9 Å². The Balaban J connectivity index is 4.50. The van der Waals surface area contributed by atoms with Crippen LogP contribution in [-0.4, -0.2) is 55.7 Å². The van der Waals surface area contributed by atoms with Crippen molar-refractivity contribution in [3.8, 4) is 0 Å². The minimum atomic E-state index is -3.96. The average Bonchev–Trinajstić information content (AvgIpc) is 2.12. The first kappa shape index (κ1) is 14.8. The molecule has 8 heteroatoms. The van der Waals surface area contributed by atoms with E-state index in [2.05, 4.69) is 0 Å². The van der Waals surface area contributed by atoms with Crippen LogP contribution in [0.15, 0.2) is 0 Å². The van der Waals surface area contributed by atoms with E-state index in [-0.39, 0.29) is 0 Å². The predicted molar refractivity (Wildman–Crippen MR) is 57.3 cm³/mol. The summed E-state index contributed by atoms with van der Waals surface area (Å²) >= 11 is 0. The molecule has 1 amide bonds. The Morgan fingerprint density at radius 2 is 1.94 bits per heavy atom. The standard InChI is InChI=1S/C8H16N2O5S/c1-4-10(3)8(13)6(2)9-16(14,15)5-7(11)12/h6,9H,4-5H2,1-3H3,(H,11,12). The predicted octanol–water partition coefficient (Wildman–Crippen LogP) is -1.14. The summed E-state index contributed by atoms with van der Waals surface area (Å²) in [4.78, 5) is 23.1. The van der Waals surface area contributed by atoms with Gasteiger partial charge in [-0.05, 0) is 13.8 Å². The van der Waals surface area contributed by atoms with E-state index in [1.54, 1.807) is 6.92 Å². The molecule has 2 N–H and O–H groups in total. The molecule has 0 aliphatic carbocycles. The van der Waals surface area contributed by atoms with Gasteiger partial charge < -0.3 is 10.0 Å². The third-order valence-electron chi connectivity index (χ3n) is 1.89. The average molecular weight is 252 g/mol. The maximum absolute atomic E-state index is 11.5. The summed E-state index contributed by atoms with van der Waals surface area (Å²) < 4.78 is 24.4. The van der Waals surface area contributed by atoms with Crippen LogP contribution >= 0.6 is 0 Å². The monoisotopic (exact) mass is 252 g/mol. The molecule has 0 aromatic carbocycles. The molecule has 0 aromatic heterocycles. The van der Waals surface area contributed by atoms with E-state index >= 15 is 0 Å². The number of carbonyl (C=O) groups excluding carboxylic acids is 1. The molecule has 0 spiro atoms. The summed E-state index contributed by atoms with van der Waals surface area (Å²) in [6, 6.07) is -0.964. The van der Waals surface area contributed by atoms with Crippen molar-refractivity contribution in [1.82, 2.24) is 9.62 Å². The fourth-order valence-corrected chi connectivity index (χ4v) is 2.06. The number of carbonyl (C=O) groups is 2. The van der Waals surface area contributed by atoms with E-state index in [1.165, 1.54) is 18.9 Å². The van der Waals surface area contributed by atoms with Gasteiger partial charge in [0, 0.05) is 13.6 Å². The fraction of sp³-hybridized carbons (Fsp3) is 0.750. The lowest BCUT2D eigenvalue weighted by molar-refractivity contribution is -0.134. The Hall–Kier alpha value is -1.15. The number of aliphatic carboxylic acids is 1. The van der Waals surface area contributed by atoms with E-state index in [4.69, 9.17) is 5.11 Å². The van der Waals surface area contributed by atoms with Gasteiger partial charge in [-0.1, -0.05) is 0 Å². The molecule has 0 aromatic rings. The summed E-state index contributed by atoms with van der Waals surface area (Å²) in [5.41, 5.74) is 0. The lowest BCUT2D eigenvalue weighted by Gasteiger charge is -2.20. The van der Waals surface area contributed by atoms with Crippen LogP contribution in [0.5, 0.6) is 0 Å². The summed E-state index contributed by atoms with van der Waals surface area (Å²) in [7, 11) is -2.43. The Morgan fingerprint density at radius 1 is 1.44 bits per heavy atom. The zero-order valence-corrected chi connectivity index (χ0v) is 10.2. The Kier molecular flexibility index (Phi) is 5.39. The zero-order valence-electron chi connectivity index (χ0n) is 9.43. The van der Waals surface area contributed by atoms with Gasteiger partial charge in [-0.3, -0.25) is 9.59 Å². The SMILES string of the molecule is CCN(C)C(=O)C(C)NS(=O)(=O)CC(=O)O. The number of nitrogens with one attached hydrogen (secondary N) is 1. The van der Waals surface area contributed by atoms with Gasteiger partial charge in [0.25, 0.3) is 0 Å². The van der Waals surface area contributed by atoms with Crippen molar-refractivity contribution in [2.24, 2.45) is 0 Å². The van der Waals surface area contributed by atoms with E-state index < -0.39 is 33.7 Å². The highest BCUT2D eigenvalue weighted by atomic mass is 32.2. The topological polar surface area (TPSA) is 104 Å². The Bertz CT molecular complexity index is 365. The number of likely N-dealkylation sites (N-methyl/N-ethyl adjacent to an activating group) is 1. The molecular weight excluding hydrogens is 236 g/mol. The first-order valence-corrected chi connectivity index (χ1v) is 6.31. The number of carboxylic acids is 1. The van der Waals surface area contributed by atoms with Crippen LogP contribution in [0.25, 0.3) is 0 Å². The van der Waals surface area contributed by atoms with Gasteiger partial charge in [0.05, 0.1) is 6.04 Å². The van der Waals surface area contributed by atoms with Gasteiger partial charge >= 0.3 is 5.97 Å². The van der Waals surface area contributed by atoms with Crippen molar-refractivity contribution < 1.29 is 23.1 Å². The van der Waals surface area contributed by atoms with Gasteiger partial charge in [-0.25, -0.2) is 13.1 Å². The quantitative estimate of drug-likeness (QED) is 0.621. The first-order chi connectivity index (χ1) is 7.19. The van der Waals surface area contributed by atoms with Crippen LogP contribution in [0.3, 0.4) is 0 Å². The molecule has 0 aliphatic heterocycles. The molecule has 0 rings (SSSR count). The van der Waals surface area contributed by atoms with Gasteiger partial charge in [-0.2, -0.15) is 0 Å². The van der Waals surface area contributed by atoms with Crippen LogP contribution in [0.2, 0.25) is 0 Å². The molecule has 1 atom stereocenters. The molecule has 0 bridgehead atoms. The van der Waals surface area contributed by atoms with Crippen LogP contribution in [0.4, 0.5) is 0 Å². The van der Waals surface area contributed by atoms with E-state index in [0.29, 0.717) is 6.54 Å². The fourth-order valence-electron chi connectivity index (χ4n) is 1.01. The Morgan fingerprint density at radius 3 is 2.31 bits per heavy atom. The molecule has 0 radical (unpaired) electrons. The Labute approximate surface area is 94.5 Å². The zero-order chi connectivity index (χ0) is 12.9. The van der Waals surface area contributed by atoms with E-state index in [0.717, 1.165) is 0 Å². The summed E-state index contributed by atoms with van der Waals surface area (Å²) in [5.74, 6) is -2.91. The summed E-state index contributed by atoms with van der Waals surface area (Å²) in [6.45, 7) is 3.56. The third-order valence-corrected chi connectivity index (χ3v) is 3.23. The summed E-state index contributed by atoms with van der Waals surface area (Å²) in [5, 5.41) is 8.34. The van der Waals surface area contributed by atoms with Crippen molar-refractivity contribution >= 4 is 21.9 Å². The number of rotatable bonds is 6. The molecule has 0 saturated carbocycles. The second-order valence-electron chi connectivity index (χ2n) is 3.34. The molecule has 16 heavy (non-hydrogen) atoms. The van der Waals surface area contributed by atoms with Crippen LogP contribution in [-0.2, 0) is 19.6 Å². The van der Waals surface area contributed by atoms with Gasteiger partial charge in [0.1, 0.15) is 0 Å². The maximum Gasteiger partial charge on any atom is 0.320 e. The third kappa shape index (κ3) is 5.08. The number of amides is 1. The second kappa shape index (κ2) is 5.80. The lowest BCUT2D eigenvalue weighted by atomic mass is 10.3. The molecule has 0 heterocycles. The highest BCUT2D eigenvalue weighted by molar-refractivity contribution is 7.90. The van der Waals surface area contributed by atoms with E-state index in [9.17, 15) is 18.0 Å². The molecule has 1 unspecified atom stereocenters.